The Balaban J connectivity index is 2.40. The van der Waals surface area contributed by atoms with Crippen LogP contribution in [0.5, 0.6) is 0 Å². The smallest absolute Gasteiger partial charge is 0.246 e. The van der Waals surface area contributed by atoms with Crippen molar-refractivity contribution in [3.8, 4) is 0 Å². The molecule has 20 heavy (non-hydrogen) atoms. The van der Waals surface area contributed by atoms with E-state index in [1.54, 1.807) is 0 Å². The van der Waals surface area contributed by atoms with Crippen molar-refractivity contribution in [3.63, 3.8) is 0 Å². The maximum Gasteiger partial charge on any atom is 0.246 e. The van der Waals surface area contributed by atoms with Crippen LogP contribution in [0.2, 0.25) is 0 Å². The summed E-state index contributed by atoms with van der Waals surface area (Å²) in [7, 11) is -3.81. The lowest BCUT2D eigenvalue weighted by molar-refractivity contribution is 0.281. The van der Waals surface area contributed by atoms with E-state index in [1.807, 2.05) is 13.8 Å². The van der Waals surface area contributed by atoms with Gasteiger partial charge in [0.1, 0.15) is 10.7 Å². The van der Waals surface area contributed by atoms with Crippen LogP contribution in [-0.4, -0.2) is 30.4 Å². The normalized spacial score (nSPS) is 20.8. The van der Waals surface area contributed by atoms with Gasteiger partial charge in [-0.05, 0) is 36.5 Å². The van der Waals surface area contributed by atoms with Gasteiger partial charge in [-0.25, -0.2) is 12.8 Å². The number of nitrogens with zero attached hydrogens (tertiary/aromatic N) is 1. The Bertz CT molecular complexity index is 586. The second-order valence-electron chi connectivity index (χ2n) is 5.49. The molecule has 1 saturated heterocycles. The molecule has 1 fully saturated rings. The van der Waals surface area contributed by atoms with Crippen molar-refractivity contribution >= 4 is 10.0 Å². The number of halogens is 1. The predicted molar refractivity (Wildman–Crippen MR) is 74.1 cm³/mol. The predicted octanol–water partition coefficient (Wildman–Crippen LogP) is 2.13. The van der Waals surface area contributed by atoms with Crippen molar-refractivity contribution in [1.82, 2.24) is 4.31 Å². The number of aliphatic hydroxyl groups excluding tert-OH is 1. The molecule has 1 unspecified atom stereocenters. The SMILES string of the molecule is CC(C)C1CCCN1S(=O)(=O)c1ccc(CO)cc1F. The fourth-order valence-corrected chi connectivity index (χ4v) is 4.58. The molecule has 1 aromatic carbocycles. The lowest BCUT2D eigenvalue weighted by Gasteiger charge is -2.27. The monoisotopic (exact) mass is 301 g/mol. The van der Waals surface area contributed by atoms with Crippen LogP contribution in [0, 0.1) is 11.7 Å². The quantitative estimate of drug-likeness (QED) is 0.927. The molecular formula is C14H20FNO3S. The zero-order chi connectivity index (χ0) is 14.9. The summed E-state index contributed by atoms with van der Waals surface area (Å²) >= 11 is 0. The van der Waals surface area contributed by atoms with Crippen molar-refractivity contribution in [3.05, 3.63) is 29.6 Å². The molecule has 1 aliphatic heterocycles. The summed E-state index contributed by atoms with van der Waals surface area (Å²) in [5.74, 6) is -0.599. The Morgan fingerprint density at radius 2 is 2.15 bits per heavy atom. The highest BCUT2D eigenvalue weighted by atomic mass is 32.2. The summed E-state index contributed by atoms with van der Waals surface area (Å²) < 4.78 is 40.6. The van der Waals surface area contributed by atoms with Crippen LogP contribution < -0.4 is 0 Å². The van der Waals surface area contributed by atoms with Gasteiger partial charge >= 0.3 is 0 Å². The van der Waals surface area contributed by atoms with Crippen LogP contribution in [0.15, 0.2) is 23.1 Å². The van der Waals surface area contributed by atoms with Crippen molar-refractivity contribution < 1.29 is 17.9 Å². The molecule has 1 heterocycles. The second-order valence-corrected chi connectivity index (χ2v) is 7.35. The molecule has 1 aliphatic rings. The minimum atomic E-state index is -3.81. The van der Waals surface area contributed by atoms with Crippen molar-refractivity contribution in [1.29, 1.82) is 0 Å². The zero-order valence-corrected chi connectivity index (χ0v) is 12.5. The highest BCUT2D eigenvalue weighted by molar-refractivity contribution is 7.89. The van der Waals surface area contributed by atoms with Gasteiger partial charge in [0, 0.05) is 12.6 Å². The lowest BCUT2D eigenvalue weighted by atomic mass is 10.0. The minimum Gasteiger partial charge on any atom is -0.392 e. The molecule has 0 bridgehead atoms. The summed E-state index contributed by atoms with van der Waals surface area (Å²) in [6, 6.07) is 3.69. The topological polar surface area (TPSA) is 57.6 Å². The first kappa shape index (κ1) is 15.4. The van der Waals surface area contributed by atoms with Crippen molar-refractivity contribution in [2.75, 3.05) is 6.54 Å². The van der Waals surface area contributed by atoms with Crippen LogP contribution in [0.25, 0.3) is 0 Å². The Morgan fingerprint density at radius 1 is 1.45 bits per heavy atom. The summed E-state index contributed by atoms with van der Waals surface area (Å²) in [5.41, 5.74) is 0.364. The molecular weight excluding hydrogens is 281 g/mol. The lowest BCUT2D eigenvalue weighted by Crippen LogP contribution is -2.38. The molecule has 0 aliphatic carbocycles. The van der Waals surface area contributed by atoms with Gasteiger partial charge in [-0.3, -0.25) is 0 Å². The van der Waals surface area contributed by atoms with Gasteiger partial charge in [0.05, 0.1) is 6.61 Å². The molecule has 0 amide bonds. The van der Waals surface area contributed by atoms with Crippen LogP contribution in [0.4, 0.5) is 4.39 Å². The van der Waals surface area contributed by atoms with Gasteiger partial charge < -0.3 is 5.11 Å². The van der Waals surface area contributed by atoms with Crippen LogP contribution in [0.1, 0.15) is 32.3 Å². The minimum absolute atomic E-state index is 0.0723. The third-order valence-electron chi connectivity index (χ3n) is 3.78. The first-order valence-corrected chi connectivity index (χ1v) is 8.23. The fraction of sp³-hybridized carbons (Fsp3) is 0.571. The van der Waals surface area contributed by atoms with E-state index in [-0.39, 0.29) is 23.5 Å². The third kappa shape index (κ3) is 2.73. The van der Waals surface area contributed by atoms with Crippen molar-refractivity contribution in [2.24, 2.45) is 5.92 Å². The Hall–Kier alpha value is -0.980. The standard InChI is InChI=1S/C14H20FNO3S/c1-10(2)13-4-3-7-16(13)20(18,19)14-6-5-11(9-17)8-12(14)15/h5-6,8,10,13,17H,3-4,7,9H2,1-2H3. The van der Waals surface area contributed by atoms with E-state index < -0.39 is 15.8 Å². The summed E-state index contributed by atoms with van der Waals surface area (Å²) in [5, 5.41) is 8.96. The highest BCUT2D eigenvalue weighted by Gasteiger charge is 2.37. The molecule has 112 valence electrons. The Labute approximate surface area is 119 Å². The number of rotatable bonds is 4. The van der Waals surface area contributed by atoms with E-state index in [9.17, 15) is 12.8 Å². The summed E-state index contributed by atoms with van der Waals surface area (Å²) in [4.78, 5) is -0.303. The van der Waals surface area contributed by atoms with E-state index in [0.29, 0.717) is 12.1 Å². The zero-order valence-electron chi connectivity index (χ0n) is 11.7. The van der Waals surface area contributed by atoms with Gasteiger partial charge in [0.15, 0.2) is 0 Å². The second kappa shape index (κ2) is 5.79. The maximum atomic E-state index is 14.0. The first-order chi connectivity index (χ1) is 9.37. The molecule has 1 aromatic rings. The first-order valence-electron chi connectivity index (χ1n) is 6.79. The van der Waals surface area contributed by atoms with E-state index in [1.165, 1.54) is 16.4 Å². The third-order valence-corrected chi connectivity index (χ3v) is 5.74. The van der Waals surface area contributed by atoms with E-state index in [2.05, 4.69) is 0 Å². The largest absolute Gasteiger partial charge is 0.392 e. The van der Waals surface area contributed by atoms with Crippen molar-refractivity contribution in [2.45, 2.75) is 44.2 Å². The van der Waals surface area contributed by atoms with Gasteiger partial charge in [-0.15, -0.1) is 0 Å². The van der Waals surface area contributed by atoms with Gasteiger partial charge in [-0.2, -0.15) is 4.31 Å². The average Bonchev–Trinajstić information content (AvgIpc) is 2.88. The highest BCUT2D eigenvalue weighted by Crippen LogP contribution is 2.31. The number of benzene rings is 1. The number of hydrogen-bond acceptors (Lipinski definition) is 3. The molecule has 0 spiro atoms. The molecule has 1 N–H and O–H groups in total. The molecule has 4 nitrogen and oxygen atoms in total. The number of aliphatic hydroxyl groups is 1. The Kier molecular flexibility index (Phi) is 4.46. The number of hydrogen-bond donors (Lipinski definition) is 1. The maximum absolute atomic E-state index is 14.0. The molecule has 0 radical (unpaired) electrons. The van der Waals surface area contributed by atoms with Gasteiger partial charge in [0.2, 0.25) is 10.0 Å². The van der Waals surface area contributed by atoms with Crippen LogP contribution in [0.3, 0.4) is 0 Å². The molecule has 6 heteroatoms. The van der Waals surface area contributed by atoms with E-state index in [4.69, 9.17) is 5.11 Å². The summed E-state index contributed by atoms with van der Waals surface area (Å²) in [6.45, 7) is 4.08. The Morgan fingerprint density at radius 3 is 2.70 bits per heavy atom. The van der Waals surface area contributed by atoms with Gasteiger partial charge in [-0.1, -0.05) is 19.9 Å². The summed E-state index contributed by atoms with van der Waals surface area (Å²) in [6.07, 6.45) is 1.62. The molecule has 0 saturated carbocycles. The molecule has 2 rings (SSSR count). The molecule has 0 aromatic heterocycles. The van der Waals surface area contributed by atoms with Crippen LogP contribution in [-0.2, 0) is 16.6 Å². The average molecular weight is 301 g/mol. The number of sulfonamides is 1. The van der Waals surface area contributed by atoms with Crippen LogP contribution >= 0.6 is 0 Å². The van der Waals surface area contributed by atoms with Gasteiger partial charge in [0.25, 0.3) is 0 Å². The molecule has 1 atom stereocenters. The van der Waals surface area contributed by atoms with E-state index >= 15 is 0 Å². The van der Waals surface area contributed by atoms with E-state index in [0.717, 1.165) is 18.9 Å². The fourth-order valence-electron chi connectivity index (χ4n) is 2.71.